The lowest BCUT2D eigenvalue weighted by atomic mass is 10.1. The zero-order valence-corrected chi connectivity index (χ0v) is 28.5. The zero-order valence-electron chi connectivity index (χ0n) is 27.7. The molecule has 0 spiro atoms. The summed E-state index contributed by atoms with van der Waals surface area (Å²) in [6, 6.07) is 0. The van der Waals surface area contributed by atoms with Crippen LogP contribution in [0.4, 0.5) is 0 Å². The van der Waals surface area contributed by atoms with Gasteiger partial charge in [-0.1, -0.05) is 147 Å². The summed E-state index contributed by atoms with van der Waals surface area (Å²) in [6.45, 7) is 4.72. The number of hydrogen-bond donors (Lipinski definition) is 1. The second kappa shape index (κ2) is 31.3. The van der Waals surface area contributed by atoms with E-state index in [1.54, 1.807) is 0 Å². The molecule has 0 aromatic heterocycles. The van der Waals surface area contributed by atoms with Crippen LogP contribution in [0.5, 0.6) is 0 Å². The van der Waals surface area contributed by atoms with E-state index < -0.39 is 21.3 Å². The molecule has 0 rings (SSSR count). The molecule has 0 saturated heterocycles. The van der Waals surface area contributed by atoms with Gasteiger partial charge in [-0.15, -0.1) is 0 Å². The Bertz CT molecular complexity index is 744. The van der Waals surface area contributed by atoms with E-state index in [2.05, 4.69) is 38.2 Å². The smallest absolute Gasteiger partial charge is 0.326 e. The van der Waals surface area contributed by atoms with Crippen LogP contribution in [0.2, 0.25) is 0 Å². The number of allylic oxidation sites excluding steroid dienone is 4. The van der Waals surface area contributed by atoms with Crippen LogP contribution in [-0.4, -0.2) is 30.8 Å². The van der Waals surface area contributed by atoms with Crippen LogP contribution in [0.25, 0.3) is 0 Å². The Morgan fingerprint density at radius 2 is 0.881 bits per heavy atom. The molecule has 6 heteroatoms. The first-order valence-electron chi connectivity index (χ1n) is 17.9. The predicted octanol–water partition coefficient (Wildman–Crippen LogP) is 11.5. The molecule has 0 saturated carbocycles. The Hall–Kier alpha value is -1.14. The summed E-state index contributed by atoms with van der Waals surface area (Å²) in [5.41, 5.74) is 0. The first-order chi connectivity index (χ1) is 20.4. The summed E-state index contributed by atoms with van der Waals surface area (Å²) in [4.78, 5) is 12.3. The third kappa shape index (κ3) is 29.0. The third-order valence-corrected chi connectivity index (χ3v) is 9.15. The van der Waals surface area contributed by atoms with E-state index in [4.69, 9.17) is 4.74 Å². The summed E-state index contributed by atoms with van der Waals surface area (Å²) >= 11 is 0. The molecule has 1 unspecified atom stereocenters. The van der Waals surface area contributed by atoms with Gasteiger partial charge in [0.2, 0.25) is 0 Å². The number of ether oxygens (including phenoxy) is 1. The minimum atomic E-state index is -4.45. The first kappa shape index (κ1) is 40.9. The van der Waals surface area contributed by atoms with Gasteiger partial charge < -0.3 is 4.74 Å². The maximum absolute atomic E-state index is 12.3. The van der Waals surface area contributed by atoms with Crippen molar-refractivity contribution in [2.24, 2.45) is 0 Å². The highest BCUT2D eigenvalue weighted by molar-refractivity contribution is 7.87. The van der Waals surface area contributed by atoms with Crippen molar-refractivity contribution in [2.75, 3.05) is 6.61 Å². The van der Waals surface area contributed by atoms with Gasteiger partial charge in [0.1, 0.15) is 0 Å². The van der Waals surface area contributed by atoms with Crippen molar-refractivity contribution in [1.29, 1.82) is 0 Å². The molecule has 0 amide bonds. The topological polar surface area (TPSA) is 80.7 Å². The molecule has 0 aliphatic heterocycles. The molecule has 0 heterocycles. The highest BCUT2D eigenvalue weighted by atomic mass is 32.2. The molecule has 0 aromatic rings. The molecule has 42 heavy (non-hydrogen) atoms. The van der Waals surface area contributed by atoms with Crippen molar-refractivity contribution >= 4 is 16.1 Å². The van der Waals surface area contributed by atoms with E-state index in [1.807, 2.05) is 0 Å². The fourth-order valence-electron chi connectivity index (χ4n) is 5.23. The van der Waals surface area contributed by atoms with Crippen molar-refractivity contribution in [2.45, 2.75) is 192 Å². The maximum Gasteiger partial charge on any atom is 0.326 e. The Morgan fingerprint density at radius 3 is 1.26 bits per heavy atom. The Balaban J connectivity index is 3.74. The van der Waals surface area contributed by atoms with Crippen LogP contribution in [0.3, 0.4) is 0 Å². The van der Waals surface area contributed by atoms with Gasteiger partial charge in [-0.2, -0.15) is 8.42 Å². The Morgan fingerprint density at radius 1 is 0.548 bits per heavy atom. The first-order valence-corrected chi connectivity index (χ1v) is 19.4. The van der Waals surface area contributed by atoms with Crippen LogP contribution in [-0.2, 0) is 19.6 Å². The van der Waals surface area contributed by atoms with Crippen LogP contribution >= 0.6 is 0 Å². The van der Waals surface area contributed by atoms with Gasteiger partial charge in [-0.25, -0.2) is 0 Å². The second-order valence-corrected chi connectivity index (χ2v) is 13.7. The lowest BCUT2D eigenvalue weighted by molar-refractivity contribution is -0.143. The summed E-state index contributed by atoms with van der Waals surface area (Å²) in [5.74, 6) is -0.803. The summed E-state index contributed by atoms with van der Waals surface area (Å²) < 4.78 is 38.3. The third-order valence-electron chi connectivity index (χ3n) is 8.00. The molecule has 1 atom stereocenters. The number of hydrogen-bond acceptors (Lipinski definition) is 4. The zero-order chi connectivity index (χ0) is 31.0. The van der Waals surface area contributed by atoms with Crippen LogP contribution < -0.4 is 0 Å². The predicted molar refractivity (Wildman–Crippen MR) is 181 cm³/mol. The summed E-state index contributed by atoms with van der Waals surface area (Å²) in [5, 5.41) is -1.45. The largest absolute Gasteiger partial charge is 0.465 e. The average molecular weight is 613 g/mol. The SMILES string of the molecule is CCCCCCCC/C=C\CCCCCCCCOC(=O)C(CCCCCC/C=C\CCCCCCCC)S(=O)(=O)O. The molecule has 1 N–H and O–H groups in total. The molecule has 0 bridgehead atoms. The van der Waals surface area contributed by atoms with E-state index >= 15 is 0 Å². The van der Waals surface area contributed by atoms with Gasteiger partial charge in [0.25, 0.3) is 10.1 Å². The van der Waals surface area contributed by atoms with E-state index in [1.165, 1.54) is 103 Å². The molecule has 248 valence electrons. The van der Waals surface area contributed by atoms with Gasteiger partial charge in [-0.05, 0) is 64.2 Å². The molecular weight excluding hydrogens is 544 g/mol. The van der Waals surface area contributed by atoms with Crippen LogP contribution in [0.1, 0.15) is 187 Å². The molecule has 0 aromatic carbocycles. The second-order valence-electron chi connectivity index (χ2n) is 12.1. The van der Waals surface area contributed by atoms with E-state index in [9.17, 15) is 17.8 Å². The average Bonchev–Trinajstić information content (AvgIpc) is 2.96. The lowest BCUT2D eigenvalue weighted by Crippen LogP contribution is -2.32. The molecule has 0 aliphatic rings. The monoisotopic (exact) mass is 612 g/mol. The maximum atomic E-state index is 12.3. The molecule has 5 nitrogen and oxygen atoms in total. The minimum Gasteiger partial charge on any atom is -0.465 e. The Kier molecular flexibility index (Phi) is 30.4. The van der Waals surface area contributed by atoms with Gasteiger partial charge in [0, 0.05) is 0 Å². The van der Waals surface area contributed by atoms with Crippen LogP contribution in [0.15, 0.2) is 24.3 Å². The lowest BCUT2D eigenvalue weighted by Gasteiger charge is -2.13. The summed E-state index contributed by atoms with van der Waals surface area (Å²) in [6.07, 6.45) is 39.8. The number of unbranched alkanes of at least 4 members (excludes halogenated alkanes) is 22. The summed E-state index contributed by atoms with van der Waals surface area (Å²) in [7, 11) is -4.45. The van der Waals surface area contributed by atoms with Gasteiger partial charge in [0.15, 0.2) is 5.25 Å². The molecule has 0 radical (unpaired) electrons. The van der Waals surface area contributed by atoms with Crippen molar-refractivity contribution in [3.05, 3.63) is 24.3 Å². The standard InChI is InChI=1S/C36H68O5S/c1-3-5-7-9-11-13-15-17-19-20-22-24-26-28-30-32-34-41-36(37)35(42(38,39)40)33-31-29-27-25-23-21-18-16-14-12-10-8-6-4-2/h17-19,21,35H,3-16,20,22-34H2,1-2H3,(H,38,39,40)/b19-17-,21-18-. The van der Waals surface area contributed by atoms with Crippen LogP contribution in [0, 0.1) is 0 Å². The Labute approximate surface area is 261 Å². The molecule has 0 aliphatic carbocycles. The van der Waals surface area contributed by atoms with Gasteiger partial charge in [0.05, 0.1) is 6.61 Å². The van der Waals surface area contributed by atoms with Crippen molar-refractivity contribution in [1.82, 2.24) is 0 Å². The van der Waals surface area contributed by atoms with Gasteiger partial charge >= 0.3 is 5.97 Å². The van der Waals surface area contributed by atoms with Crippen molar-refractivity contribution < 1.29 is 22.5 Å². The van der Waals surface area contributed by atoms with Crippen molar-refractivity contribution in [3.63, 3.8) is 0 Å². The number of carbonyl (C=O) groups is 1. The minimum absolute atomic E-state index is 0.124. The quantitative estimate of drug-likeness (QED) is 0.0354. The number of rotatable bonds is 32. The fourth-order valence-corrected chi connectivity index (χ4v) is 6.00. The van der Waals surface area contributed by atoms with Gasteiger partial charge in [-0.3, -0.25) is 9.35 Å². The highest BCUT2D eigenvalue weighted by Crippen LogP contribution is 2.16. The van der Waals surface area contributed by atoms with E-state index in [-0.39, 0.29) is 13.0 Å². The molecular formula is C36H68O5S. The van der Waals surface area contributed by atoms with E-state index in [0.717, 1.165) is 57.8 Å². The fraction of sp³-hybridized carbons (Fsp3) is 0.861. The van der Waals surface area contributed by atoms with E-state index in [0.29, 0.717) is 6.42 Å². The highest BCUT2D eigenvalue weighted by Gasteiger charge is 2.31. The number of esters is 1. The molecule has 0 fully saturated rings. The normalized spacial score (nSPS) is 12.9. The number of carbonyl (C=O) groups excluding carboxylic acids is 1. The van der Waals surface area contributed by atoms with Crippen molar-refractivity contribution in [3.8, 4) is 0 Å².